The highest BCUT2D eigenvalue weighted by Gasteiger charge is 1.83. The van der Waals surface area contributed by atoms with Crippen molar-refractivity contribution in [3.63, 3.8) is 0 Å². The predicted octanol–water partition coefficient (Wildman–Crippen LogP) is -0.861. The molecule has 1 rings (SSSR count). The van der Waals surface area contributed by atoms with Crippen molar-refractivity contribution in [2.24, 2.45) is 0 Å². The largest absolute Gasteiger partial charge is 0.412 e. The number of benzene rings is 1. The van der Waals surface area contributed by atoms with Crippen molar-refractivity contribution < 1.29 is 11.0 Å². The molecule has 0 atom stereocenters. The summed E-state index contributed by atoms with van der Waals surface area (Å²) >= 11 is 0. The predicted molar refractivity (Wildman–Crippen MR) is 43.8 cm³/mol. The molecule has 2 radical (unpaired) electrons. The minimum Gasteiger partial charge on any atom is -0.412 e. The molecule has 0 aliphatic carbocycles. The maximum atomic E-state index is 5.52. The van der Waals surface area contributed by atoms with Crippen LogP contribution in [0.4, 0.5) is 0 Å². The average molecular weight is 138 g/mol. The Hall–Kier alpha value is -0.795. The molecular weight excluding hydrogens is 127 g/mol. The molecule has 0 aliphatic rings. The minimum atomic E-state index is 0. The Morgan fingerprint density at radius 2 is 1.60 bits per heavy atom. The third-order valence-electron chi connectivity index (χ3n) is 1.19. The van der Waals surface area contributed by atoms with Crippen LogP contribution in [0.2, 0.25) is 0 Å². The van der Waals surface area contributed by atoms with Crippen LogP contribution >= 0.6 is 0 Å². The summed E-state index contributed by atoms with van der Waals surface area (Å²) < 4.78 is 0. The Kier molecular flexibility index (Phi) is 6.00. The van der Waals surface area contributed by atoms with E-state index in [1.165, 1.54) is 0 Å². The summed E-state index contributed by atoms with van der Waals surface area (Å²) in [6.07, 6.45) is 0. The second kappa shape index (κ2) is 5.03. The normalized spacial score (nSPS) is 7.30. The van der Waals surface area contributed by atoms with Crippen molar-refractivity contribution >= 4 is 13.3 Å². The molecule has 0 saturated heterocycles. The van der Waals surface area contributed by atoms with Gasteiger partial charge in [-0.25, -0.2) is 0 Å². The average Bonchev–Trinajstić information content (AvgIpc) is 1.77. The fourth-order valence-electron chi connectivity index (χ4n) is 0.587. The molecule has 2 nitrogen and oxygen atoms in total. The lowest BCUT2D eigenvalue weighted by molar-refractivity contribution is 0.823. The van der Waals surface area contributed by atoms with Crippen molar-refractivity contribution in [2.75, 3.05) is 0 Å². The van der Waals surface area contributed by atoms with Gasteiger partial charge in [-0.15, -0.1) is 0 Å². The molecule has 3 heteroatoms. The zero-order chi connectivity index (χ0) is 5.98. The van der Waals surface area contributed by atoms with Crippen molar-refractivity contribution in [1.82, 2.24) is 0 Å². The van der Waals surface area contributed by atoms with Gasteiger partial charge in [0.15, 0.2) is 0 Å². The fourth-order valence-corrected chi connectivity index (χ4v) is 0.587. The molecule has 54 valence electrons. The monoisotopic (exact) mass is 138 g/mol. The Bertz CT molecular complexity index is 168. The number of rotatable bonds is 0. The molecule has 0 unspecified atom stereocenters. The fraction of sp³-hybridized carbons (Fsp3) is 0.143. The van der Waals surface area contributed by atoms with Gasteiger partial charge in [-0.05, 0) is 6.92 Å². The van der Waals surface area contributed by atoms with Crippen molar-refractivity contribution in [3.05, 3.63) is 29.8 Å². The van der Waals surface area contributed by atoms with Gasteiger partial charge in [0.2, 0.25) is 0 Å². The summed E-state index contributed by atoms with van der Waals surface area (Å²) in [5.41, 5.74) is 2.01. The molecule has 0 saturated carbocycles. The lowest BCUT2D eigenvalue weighted by atomic mass is 9.92. The van der Waals surface area contributed by atoms with E-state index in [4.69, 9.17) is 7.85 Å². The highest BCUT2D eigenvalue weighted by atomic mass is 16.0. The number of hydrogen-bond donors (Lipinski definition) is 0. The Labute approximate surface area is 61.9 Å². The summed E-state index contributed by atoms with van der Waals surface area (Å²) in [6, 6.07) is 7.80. The van der Waals surface area contributed by atoms with Crippen LogP contribution in [0.3, 0.4) is 0 Å². The van der Waals surface area contributed by atoms with E-state index in [0.29, 0.717) is 0 Å². The van der Waals surface area contributed by atoms with Crippen LogP contribution in [-0.2, 0) is 0 Å². The Morgan fingerprint density at radius 3 is 1.90 bits per heavy atom. The van der Waals surface area contributed by atoms with Gasteiger partial charge in [0.25, 0.3) is 0 Å². The Morgan fingerprint density at radius 1 is 1.10 bits per heavy atom. The van der Waals surface area contributed by atoms with Gasteiger partial charge in [-0.3, -0.25) is 0 Å². The molecule has 0 fully saturated rings. The first-order chi connectivity index (χ1) is 3.80. The first kappa shape index (κ1) is 11.9. The number of aryl methyl sites for hydroxylation is 1. The number of hydrogen-bond acceptors (Lipinski definition) is 0. The van der Waals surface area contributed by atoms with Gasteiger partial charge < -0.3 is 11.0 Å². The molecule has 0 bridgehead atoms. The molecule has 0 spiro atoms. The van der Waals surface area contributed by atoms with E-state index >= 15 is 0 Å². The van der Waals surface area contributed by atoms with E-state index < -0.39 is 0 Å². The third kappa shape index (κ3) is 2.66. The van der Waals surface area contributed by atoms with Gasteiger partial charge >= 0.3 is 0 Å². The SMILES string of the molecule is O.O.[B]c1ccccc1C. The van der Waals surface area contributed by atoms with Crippen LogP contribution < -0.4 is 5.46 Å². The standard InChI is InChI=1S/C7H7B.2H2O/c1-6-4-2-3-5-7(6)8;;/h2-5H,1H3;2*1H2. The van der Waals surface area contributed by atoms with Crippen LogP contribution in [0.5, 0.6) is 0 Å². The minimum absolute atomic E-state index is 0. The first-order valence-electron chi connectivity index (χ1n) is 2.62. The molecule has 1 aromatic rings. The maximum absolute atomic E-state index is 5.52. The molecule has 10 heavy (non-hydrogen) atoms. The van der Waals surface area contributed by atoms with Gasteiger partial charge in [0, 0.05) is 0 Å². The second-order valence-corrected chi connectivity index (χ2v) is 1.86. The van der Waals surface area contributed by atoms with Crippen molar-refractivity contribution in [2.45, 2.75) is 6.92 Å². The van der Waals surface area contributed by atoms with E-state index in [1.54, 1.807) is 0 Å². The van der Waals surface area contributed by atoms with Gasteiger partial charge in [0.05, 0.1) is 0 Å². The lowest BCUT2D eigenvalue weighted by Gasteiger charge is -1.94. The van der Waals surface area contributed by atoms with E-state index in [1.807, 2.05) is 31.2 Å². The van der Waals surface area contributed by atoms with Gasteiger partial charge in [-0.2, -0.15) is 0 Å². The molecule has 0 heterocycles. The van der Waals surface area contributed by atoms with E-state index in [-0.39, 0.29) is 11.0 Å². The van der Waals surface area contributed by atoms with E-state index in [0.717, 1.165) is 11.0 Å². The molecule has 1 aromatic carbocycles. The summed E-state index contributed by atoms with van der Waals surface area (Å²) in [6.45, 7) is 2.00. The first-order valence-corrected chi connectivity index (χ1v) is 2.62. The summed E-state index contributed by atoms with van der Waals surface area (Å²) in [5, 5.41) is 0. The highest BCUT2D eigenvalue weighted by Crippen LogP contribution is 1.88. The van der Waals surface area contributed by atoms with Crippen LogP contribution in [0.15, 0.2) is 24.3 Å². The van der Waals surface area contributed by atoms with E-state index in [2.05, 4.69) is 0 Å². The van der Waals surface area contributed by atoms with Crippen LogP contribution in [-0.4, -0.2) is 18.8 Å². The molecular formula is C7H11BO2. The highest BCUT2D eigenvalue weighted by molar-refractivity contribution is 6.33. The van der Waals surface area contributed by atoms with Crippen LogP contribution in [0.25, 0.3) is 0 Å². The second-order valence-electron chi connectivity index (χ2n) is 1.86. The molecule has 0 aromatic heterocycles. The summed E-state index contributed by atoms with van der Waals surface area (Å²) in [7, 11) is 5.52. The Balaban J connectivity index is 0. The smallest absolute Gasteiger partial charge is 0.114 e. The topological polar surface area (TPSA) is 63.0 Å². The molecule has 0 aliphatic heterocycles. The summed E-state index contributed by atoms with van der Waals surface area (Å²) in [4.78, 5) is 0. The van der Waals surface area contributed by atoms with Crippen LogP contribution in [0.1, 0.15) is 5.56 Å². The zero-order valence-corrected chi connectivity index (χ0v) is 5.89. The van der Waals surface area contributed by atoms with Gasteiger partial charge in [0.1, 0.15) is 7.85 Å². The molecule has 4 N–H and O–H groups in total. The van der Waals surface area contributed by atoms with Crippen molar-refractivity contribution in [1.29, 1.82) is 0 Å². The van der Waals surface area contributed by atoms with Crippen LogP contribution in [0, 0.1) is 6.92 Å². The molecule has 0 amide bonds. The quantitative estimate of drug-likeness (QED) is 0.418. The van der Waals surface area contributed by atoms with E-state index in [9.17, 15) is 0 Å². The van der Waals surface area contributed by atoms with Crippen molar-refractivity contribution in [3.8, 4) is 0 Å². The maximum Gasteiger partial charge on any atom is 0.114 e. The zero-order valence-electron chi connectivity index (χ0n) is 5.89. The lowest BCUT2D eigenvalue weighted by Crippen LogP contribution is -2.04. The summed E-state index contributed by atoms with van der Waals surface area (Å²) in [5.74, 6) is 0. The van der Waals surface area contributed by atoms with Gasteiger partial charge in [-0.1, -0.05) is 35.3 Å². The third-order valence-corrected chi connectivity index (χ3v) is 1.19.